The molecular formula is C35H36N4O3. The summed E-state index contributed by atoms with van der Waals surface area (Å²) in [5.74, 6) is -0.419. The fourth-order valence-electron chi connectivity index (χ4n) is 5.80. The van der Waals surface area contributed by atoms with Crippen LogP contribution in [-0.2, 0) is 11.3 Å². The number of carbonyl (C=O) groups is 2. The molecule has 1 fully saturated rings. The summed E-state index contributed by atoms with van der Waals surface area (Å²) >= 11 is 0. The maximum atomic E-state index is 13.4. The van der Waals surface area contributed by atoms with Gasteiger partial charge in [-0.2, -0.15) is 0 Å². The number of piperidine rings is 1. The quantitative estimate of drug-likeness (QED) is 0.191. The van der Waals surface area contributed by atoms with Crippen LogP contribution < -0.4 is 16.0 Å². The third-order valence-electron chi connectivity index (χ3n) is 8.08. The van der Waals surface area contributed by atoms with E-state index in [2.05, 4.69) is 33.0 Å². The lowest BCUT2D eigenvalue weighted by atomic mass is 9.98. The van der Waals surface area contributed by atoms with Gasteiger partial charge >= 0.3 is 0 Å². The van der Waals surface area contributed by atoms with E-state index in [0.717, 1.165) is 42.9 Å². The number of hydrogen-bond acceptors (Lipinski definition) is 5. The van der Waals surface area contributed by atoms with Crippen molar-refractivity contribution < 1.29 is 14.0 Å². The average Bonchev–Trinajstić information content (AvgIpc) is 3.68. The Kier molecular flexibility index (Phi) is 8.19. The molecule has 2 aliphatic rings. The molecule has 0 bridgehead atoms. The van der Waals surface area contributed by atoms with Crippen molar-refractivity contribution in [2.24, 2.45) is 0 Å². The number of fused-ring (bicyclic) bond motifs is 1. The fraction of sp³-hybridized carbons (Fsp3) is 0.257. The summed E-state index contributed by atoms with van der Waals surface area (Å²) in [5.41, 5.74) is 6.85. The third kappa shape index (κ3) is 6.02. The molecule has 1 aromatic heterocycles. The number of carbonyl (C=O) groups excluding carboxylic acids is 2. The molecule has 42 heavy (non-hydrogen) atoms. The molecule has 7 heteroatoms. The van der Waals surface area contributed by atoms with Crippen LogP contribution in [0.25, 0.3) is 11.3 Å². The molecule has 0 radical (unpaired) electrons. The largest absolute Gasteiger partial charge is 0.472 e. The van der Waals surface area contributed by atoms with Crippen molar-refractivity contribution in [3.05, 3.63) is 119 Å². The Labute approximate surface area is 246 Å². The zero-order valence-electron chi connectivity index (χ0n) is 23.9. The van der Waals surface area contributed by atoms with Gasteiger partial charge in [0.15, 0.2) is 0 Å². The first kappa shape index (κ1) is 27.5. The van der Waals surface area contributed by atoms with Crippen molar-refractivity contribution in [1.29, 1.82) is 0 Å². The van der Waals surface area contributed by atoms with Crippen LogP contribution >= 0.6 is 0 Å². The molecular weight excluding hydrogens is 524 g/mol. The summed E-state index contributed by atoms with van der Waals surface area (Å²) in [4.78, 5) is 29.3. The second kappa shape index (κ2) is 12.5. The van der Waals surface area contributed by atoms with Gasteiger partial charge in [-0.15, -0.1) is 0 Å². The Morgan fingerprint density at radius 3 is 2.45 bits per heavy atom. The third-order valence-corrected chi connectivity index (χ3v) is 8.08. The first-order valence-electron chi connectivity index (χ1n) is 14.8. The van der Waals surface area contributed by atoms with Gasteiger partial charge in [-0.05, 0) is 79.9 Å². The monoisotopic (exact) mass is 560 g/mol. The maximum Gasteiger partial charge on any atom is 0.258 e. The van der Waals surface area contributed by atoms with Crippen LogP contribution in [0.3, 0.4) is 0 Å². The van der Waals surface area contributed by atoms with Gasteiger partial charge in [0.05, 0.1) is 29.8 Å². The zero-order valence-corrected chi connectivity index (χ0v) is 23.9. The van der Waals surface area contributed by atoms with Gasteiger partial charge in [-0.25, -0.2) is 0 Å². The van der Waals surface area contributed by atoms with E-state index in [1.54, 1.807) is 30.7 Å². The lowest BCUT2D eigenvalue weighted by Crippen LogP contribution is -2.29. The number of furan rings is 1. The van der Waals surface area contributed by atoms with E-state index in [9.17, 15) is 9.59 Å². The van der Waals surface area contributed by atoms with E-state index >= 15 is 0 Å². The number of rotatable bonds is 9. The summed E-state index contributed by atoms with van der Waals surface area (Å²) in [7, 11) is 0. The summed E-state index contributed by atoms with van der Waals surface area (Å²) in [5, 5.41) is 9.60. The van der Waals surface area contributed by atoms with Gasteiger partial charge in [0.25, 0.3) is 11.8 Å². The van der Waals surface area contributed by atoms with Crippen molar-refractivity contribution in [2.45, 2.75) is 45.2 Å². The van der Waals surface area contributed by atoms with Crippen LogP contribution in [0, 0.1) is 0 Å². The van der Waals surface area contributed by atoms with E-state index in [1.807, 2.05) is 55.5 Å². The molecule has 0 unspecified atom stereocenters. The standard InChI is InChI=1S/C35H36N4O3/c1-2-30(25-9-5-3-6-10-25)37-34(40)26-13-16-31-29(21-26)32(35(41)38-31)33(27-17-20-42-23-27)36-28-14-11-24(12-15-28)22-39-18-7-4-8-19-39/h3,5-6,9-17,20-21,23,30,36H,2,4,7-8,18-19,22H2,1H3,(H,37,40)(H,38,41)/t30-/m1/s1. The van der Waals surface area contributed by atoms with Gasteiger partial charge in [-0.3, -0.25) is 14.5 Å². The zero-order chi connectivity index (χ0) is 28.9. The highest BCUT2D eigenvalue weighted by atomic mass is 16.3. The van der Waals surface area contributed by atoms with E-state index < -0.39 is 0 Å². The highest BCUT2D eigenvalue weighted by Crippen LogP contribution is 2.38. The van der Waals surface area contributed by atoms with Gasteiger partial charge < -0.3 is 20.4 Å². The van der Waals surface area contributed by atoms with Crippen LogP contribution in [-0.4, -0.2) is 29.8 Å². The predicted octanol–water partition coefficient (Wildman–Crippen LogP) is 7.08. The fourth-order valence-corrected chi connectivity index (χ4v) is 5.80. The molecule has 6 rings (SSSR count). The molecule has 2 amide bonds. The number of amides is 2. The Bertz CT molecular complexity index is 1570. The summed E-state index contributed by atoms with van der Waals surface area (Å²) in [6.45, 7) is 5.29. The predicted molar refractivity (Wildman–Crippen MR) is 167 cm³/mol. The van der Waals surface area contributed by atoms with Crippen molar-refractivity contribution in [3.8, 4) is 0 Å². The summed E-state index contributed by atoms with van der Waals surface area (Å²) in [6.07, 6.45) is 7.82. The second-order valence-corrected chi connectivity index (χ2v) is 11.0. The number of nitrogens with one attached hydrogen (secondary N) is 3. The van der Waals surface area contributed by atoms with E-state index in [4.69, 9.17) is 4.42 Å². The van der Waals surface area contributed by atoms with Gasteiger partial charge in [-0.1, -0.05) is 55.8 Å². The van der Waals surface area contributed by atoms with E-state index in [0.29, 0.717) is 28.1 Å². The Hall–Kier alpha value is -4.62. The minimum atomic E-state index is -0.233. The van der Waals surface area contributed by atoms with E-state index in [1.165, 1.54) is 24.8 Å². The Morgan fingerprint density at radius 2 is 1.74 bits per heavy atom. The molecule has 2 aliphatic heterocycles. The van der Waals surface area contributed by atoms with Crippen LogP contribution in [0.5, 0.6) is 0 Å². The molecule has 0 spiro atoms. The molecule has 0 saturated carbocycles. The average molecular weight is 561 g/mol. The second-order valence-electron chi connectivity index (χ2n) is 11.0. The van der Waals surface area contributed by atoms with Gasteiger partial charge in [0.2, 0.25) is 0 Å². The van der Waals surface area contributed by atoms with Crippen molar-refractivity contribution in [2.75, 3.05) is 23.7 Å². The maximum absolute atomic E-state index is 13.4. The van der Waals surface area contributed by atoms with Crippen LogP contribution in [0.2, 0.25) is 0 Å². The van der Waals surface area contributed by atoms with Crippen LogP contribution in [0.15, 0.2) is 95.8 Å². The normalized spacial score (nSPS) is 16.8. The first-order chi connectivity index (χ1) is 20.6. The molecule has 0 aliphatic carbocycles. The molecule has 1 atom stereocenters. The lowest BCUT2D eigenvalue weighted by molar-refractivity contribution is -0.110. The minimum Gasteiger partial charge on any atom is -0.472 e. The van der Waals surface area contributed by atoms with Crippen molar-refractivity contribution in [3.63, 3.8) is 0 Å². The smallest absolute Gasteiger partial charge is 0.258 e. The van der Waals surface area contributed by atoms with Crippen molar-refractivity contribution in [1.82, 2.24) is 10.2 Å². The van der Waals surface area contributed by atoms with Gasteiger partial charge in [0, 0.05) is 34.6 Å². The highest BCUT2D eigenvalue weighted by Gasteiger charge is 2.30. The highest BCUT2D eigenvalue weighted by molar-refractivity contribution is 6.37. The topological polar surface area (TPSA) is 86.6 Å². The number of anilines is 2. The molecule has 214 valence electrons. The molecule has 3 N–H and O–H groups in total. The van der Waals surface area contributed by atoms with Crippen LogP contribution in [0.4, 0.5) is 11.4 Å². The van der Waals surface area contributed by atoms with E-state index in [-0.39, 0.29) is 17.9 Å². The number of likely N-dealkylation sites (tertiary alicyclic amines) is 1. The first-order valence-corrected chi connectivity index (χ1v) is 14.8. The lowest BCUT2D eigenvalue weighted by Gasteiger charge is -2.26. The van der Waals surface area contributed by atoms with Crippen LogP contribution in [0.1, 0.15) is 71.3 Å². The molecule has 3 heterocycles. The summed E-state index contributed by atoms with van der Waals surface area (Å²) in [6, 6.07) is 25.4. The molecule has 7 nitrogen and oxygen atoms in total. The molecule has 4 aromatic rings. The Morgan fingerprint density at radius 1 is 0.952 bits per heavy atom. The number of nitrogens with zero attached hydrogens (tertiary/aromatic N) is 1. The molecule has 1 saturated heterocycles. The number of benzene rings is 3. The van der Waals surface area contributed by atoms with Crippen molar-refractivity contribution >= 4 is 34.5 Å². The van der Waals surface area contributed by atoms with Gasteiger partial charge in [0.1, 0.15) is 0 Å². The minimum absolute atomic E-state index is 0.109. The summed E-state index contributed by atoms with van der Waals surface area (Å²) < 4.78 is 5.40. The SMILES string of the molecule is CC[C@@H](NC(=O)c1ccc2c(c1)C(=C(Nc1ccc(CN3CCCCC3)cc1)c1ccoc1)C(=O)N2)c1ccccc1. The number of hydrogen-bond donors (Lipinski definition) is 3. The molecule has 3 aromatic carbocycles. The Balaban J connectivity index is 1.29.